The first-order valence-electron chi connectivity index (χ1n) is 5.08. The van der Waals surface area contributed by atoms with Gasteiger partial charge in [-0.25, -0.2) is 4.39 Å². The van der Waals surface area contributed by atoms with E-state index in [-0.39, 0.29) is 5.02 Å². The molecule has 3 nitrogen and oxygen atoms in total. The number of nitrogens with two attached hydrogens (primary N) is 1. The van der Waals surface area contributed by atoms with Crippen LogP contribution in [0.2, 0.25) is 5.02 Å². The highest BCUT2D eigenvalue weighted by atomic mass is 35.5. The molecule has 1 unspecified atom stereocenters. The Hall–Kier alpha value is -1.13. The molecule has 0 spiro atoms. The largest absolute Gasteiger partial charge is 0.368 e. The van der Waals surface area contributed by atoms with Crippen molar-refractivity contribution in [1.82, 2.24) is 5.32 Å². The molecule has 1 atom stereocenters. The molecule has 0 aliphatic heterocycles. The fraction of sp³-hybridized carbons (Fsp3) is 0.364. The van der Waals surface area contributed by atoms with Crippen molar-refractivity contribution in [2.75, 3.05) is 0 Å². The van der Waals surface area contributed by atoms with Crippen LogP contribution in [-0.2, 0) is 4.79 Å². The number of hydrogen-bond acceptors (Lipinski definition) is 2. The van der Waals surface area contributed by atoms with Crippen LogP contribution in [0.5, 0.6) is 0 Å². The number of halogens is 2. The van der Waals surface area contributed by atoms with Crippen LogP contribution < -0.4 is 11.1 Å². The number of rotatable bonds is 4. The Kier molecular flexibility index (Phi) is 3.12. The van der Waals surface area contributed by atoms with Crippen molar-refractivity contribution >= 4 is 17.5 Å². The average Bonchev–Trinajstić information content (AvgIpc) is 2.98. The minimum Gasteiger partial charge on any atom is -0.368 e. The number of nitrogens with one attached hydrogen (secondary N) is 1. The minimum absolute atomic E-state index is 0.219. The van der Waals surface area contributed by atoms with E-state index >= 15 is 0 Å². The van der Waals surface area contributed by atoms with Crippen LogP contribution in [0.3, 0.4) is 0 Å². The first-order chi connectivity index (χ1) is 7.58. The van der Waals surface area contributed by atoms with Gasteiger partial charge in [-0.05, 0) is 30.5 Å². The van der Waals surface area contributed by atoms with Crippen LogP contribution in [0.15, 0.2) is 18.2 Å². The van der Waals surface area contributed by atoms with Crippen molar-refractivity contribution in [3.8, 4) is 0 Å². The fourth-order valence-electron chi connectivity index (χ4n) is 1.55. The van der Waals surface area contributed by atoms with Crippen molar-refractivity contribution in [2.24, 2.45) is 5.73 Å². The Morgan fingerprint density at radius 2 is 2.25 bits per heavy atom. The lowest BCUT2D eigenvalue weighted by molar-refractivity contribution is -0.120. The Labute approximate surface area is 97.8 Å². The molecule has 1 amide bonds. The third kappa shape index (κ3) is 2.51. The van der Waals surface area contributed by atoms with Crippen LogP contribution in [0, 0.1) is 5.82 Å². The Balaban J connectivity index is 2.26. The van der Waals surface area contributed by atoms with Gasteiger partial charge < -0.3 is 5.73 Å². The summed E-state index contributed by atoms with van der Waals surface area (Å²) < 4.78 is 12.9. The number of amides is 1. The maximum absolute atomic E-state index is 12.9. The van der Waals surface area contributed by atoms with E-state index in [4.69, 9.17) is 17.3 Å². The van der Waals surface area contributed by atoms with Gasteiger partial charge in [-0.3, -0.25) is 10.1 Å². The third-order valence-corrected chi connectivity index (χ3v) is 2.87. The molecular formula is C11H12ClFN2O. The summed E-state index contributed by atoms with van der Waals surface area (Å²) in [5, 5.41) is 3.30. The number of benzene rings is 1. The summed E-state index contributed by atoms with van der Waals surface area (Å²) in [4.78, 5) is 11.3. The zero-order chi connectivity index (χ0) is 11.7. The Morgan fingerprint density at radius 3 is 2.75 bits per heavy atom. The van der Waals surface area contributed by atoms with Crippen molar-refractivity contribution in [3.63, 3.8) is 0 Å². The van der Waals surface area contributed by atoms with E-state index in [0.29, 0.717) is 11.6 Å². The number of carbonyl (C=O) groups is 1. The first-order valence-corrected chi connectivity index (χ1v) is 5.46. The standard InChI is InChI=1S/C11H12ClFN2O/c12-9-5-6(13)1-4-8(9)10(11(14)16)15-7-2-3-7/h1,4-5,7,10,15H,2-3H2,(H2,14,16). The molecule has 0 heterocycles. The second kappa shape index (κ2) is 4.39. The van der Waals surface area contributed by atoms with E-state index in [1.54, 1.807) is 0 Å². The van der Waals surface area contributed by atoms with Gasteiger partial charge >= 0.3 is 0 Å². The second-order valence-corrected chi connectivity index (χ2v) is 4.35. The maximum Gasteiger partial charge on any atom is 0.239 e. The molecule has 0 bridgehead atoms. The predicted octanol–water partition coefficient (Wildman–Crippen LogP) is 1.76. The molecule has 1 aliphatic carbocycles. The highest BCUT2D eigenvalue weighted by molar-refractivity contribution is 6.31. The summed E-state index contributed by atoms with van der Waals surface area (Å²) >= 11 is 5.88. The molecule has 1 aromatic carbocycles. The normalized spacial score (nSPS) is 17.1. The fourth-order valence-corrected chi connectivity index (χ4v) is 1.82. The lowest BCUT2D eigenvalue weighted by Crippen LogP contribution is -2.35. The topological polar surface area (TPSA) is 55.1 Å². The van der Waals surface area contributed by atoms with Crippen LogP contribution in [-0.4, -0.2) is 11.9 Å². The quantitative estimate of drug-likeness (QED) is 0.845. The third-order valence-electron chi connectivity index (χ3n) is 2.54. The summed E-state index contributed by atoms with van der Waals surface area (Å²) in [5.74, 6) is -0.927. The van der Waals surface area contributed by atoms with Crippen molar-refractivity contribution in [2.45, 2.75) is 24.9 Å². The van der Waals surface area contributed by atoms with Gasteiger partial charge in [0.15, 0.2) is 0 Å². The van der Waals surface area contributed by atoms with Crippen molar-refractivity contribution in [3.05, 3.63) is 34.6 Å². The monoisotopic (exact) mass is 242 g/mol. The van der Waals surface area contributed by atoms with E-state index < -0.39 is 17.8 Å². The van der Waals surface area contributed by atoms with E-state index in [2.05, 4.69) is 5.32 Å². The van der Waals surface area contributed by atoms with Crippen LogP contribution in [0.4, 0.5) is 4.39 Å². The van der Waals surface area contributed by atoms with Crippen LogP contribution in [0.25, 0.3) is 0 Å². The molecule has 0 radical (unpaired) electrons. The van der Waals surface area contributed by atoms with Crippen molar-refractivity contribution < 1.29 is 9.18 Å². The smallest absolute Gasteiger partial charge is 0.239 e. The average molecular weight is 243 g/mol. The lowest BCUT2D eigenvalue weighted by Gasteiger charge is -2.16. The molecule has 2 rings (SSSR count). The first kappa shape index (κ1) is 11.4. The molecule has 1 fully saturated rings. The van der Waals surface area contributed by atoms with Crippen LogP contribution >= 0.6 is 11.6 Å². The van der Waals surface area contributed by atoms with Crippen molar-refractivity contribution in [1.29, 1.82) is 0 Å². The lowest BCUT2D eigenvalue weighted by atomic mass is 10.1. The number of carbonyl (C=O) groups excluding carboxylic acids is 1. The Bertz CT molecular complexity index is 420. The molecule has 1 aliphatic rings. The van der Waals surface area contributed by atoms with E-state index in [0.717, 1.165) is 12.8 Å². The summed E-state index contributed by atoms with van der Waals surface area (Å²) in [7, 11) is 0. The van der Waals surface area contributed by atoms with Gasteiger partial charge in [0, 0.05) is 11.1 Å². The van der Waals surface area contributed by atoms with E-state index in [1.165, 1.54) is 18.2 Å². The summed E-state index contributed by atoms with van der Waals surface area (Å²) in [6.45, 7) is 0. The molecule has 0 aromatic heterocycles. The highest BCUT2D eigenvalue weighted by Gasteiger charge is 2.29. The molecular weight excluding hydrogens is 231 g/mol. The molecule has 1 aromatic rings. The van der Waals surface area contributed by atoms with E-state index in [1.807, 2.05) is 0 Å². The van der Waals surface area contributed by atoms with Gasteiger partial charge in [0.25, 0.3) is 0 Å². The van der Waals surface area contributed by atoms with Gasteiger partial charge in [0.05, 0.1) is 0 Å². The summed E-state index contributed by atoms with van der Waals surface area (Å²) in [6, 6.07) is 3.62. The molecule has 5 heteroatoms. The molecule has 3 N–H and O–H groups in total. The molecule has 0 saturated heterocycles. The maximum atomic E-state index is 12.9. The van der Waals surface area contributed by atoms with Gasteiger partial charge in [0.1, 0.15) is 11.9 Å². The summed E-state index contributed by atoms with van der Waals surface area (Å²) in [6.07, 6.45) is 2.06. The highest BCUT2D eigenvalue weighted by Crippen LogP contribution is 2.28. The zero-order valence-electron chi connectivity index (χ0n) is 8.54. The minimum atomic E-state index is -0.638. The number of primary amides is 1. The Morgan fingerprint density at radius 1 is 1.56 bits per heavy atom. The van der Waals surface area contributed by atoms with Gasteiger partial charge in [-0.15, -0.1) is 0 Å². The van der Waals surface area contributed by atoms with Crippen LogP contribution in [0.1, 0.15) is 24.4 Å². The molecule has 86 valence electrons. The zero-order valence-corrected chi connectivity index (χ0v) is 9.30. The predicted molar refractivity (Wildman–Crippen MR) is 59.5 cm³/mol. The van der Waals surface area contributed by atoms with Gasteiger partial charge in [-0.2, -0.15) is 0 Å². The number of hydrogen-bond donors (Lipinski definition) is 2. The second-order valence-electron chi connectivity index (χ2n) is 3.94. The molecule has 1 saturated carbocycles. The van der Waals surface area contributed by atoms with Gasteiger partial charge in [0.2, 0.25) is 5.91 Å². The summed E-state index contributed by atoms with van der Waals surface area (Å²) in [5.41, 5.74) is 5.83. The van der Waals surface area contributed by atoms with E-state index in [9.17, 15) is 9.18 Å². The van der Waals surface area contributed by atoms with Gasteiger partial charge in [-0.1, -0.05) is 17.7 Å². The molecule has 16 heavy (non-hydrogen) atoms. The SMILES string of the molecule is NC(=O)C(NC1CC1)c1ccc(F)cc1Cl.